The molecule has 0 aromatic carbocycles. The van der Waals surface area contributed by atoms with Gasteiger partial charge in [0.15, 0.2) is 0 Å². The van der Waals surface area contributed by atoms with Gasteiger partial charge in [-0.05, 0) is 0 Å². The topological polar surface area (TPSA) is 58.0 Å². The maximum absolute atomic E-state index is 4.96. The summed E-state index contributed by atoms with van der Waals surface area (Å²) in [7, 11) is 2.18. The summed E-state index contributed by atoms with van der Waals surface area (Å²) in [6.07, 6.45) is 7.25. The molecule has 0 atom stereocenters. The Morgan fingerprint density at radius 3 is 2.68 bits per heavy atom. The molecule has 3 aromatic heterocycles. The Bertz CT molecular complexity index is 962. The molecule has 5 rings (SSSR count). The third-order valence-corrected chi connectivity index (χ3v) is 10.7. The first-order valence-electron chi connectivity index (χ1n) is 10.1. The Morgan fingerprint density at radius 2 is 1.86 bits per heavy atom. The zero-order chi connectivity index (χ0) is 18.9. The number of aromatic nitrogens is 4. The number of fused-ring (bicyclic) bond motifs is 1. The van der Waals surface area contributed by atoms with Crippen LogP contribution in [-0.4, -0.2) is 79.4 Å². The molecule has 2 radical (unpaired) electrons. The van der Waals surface area contributed by atoms with Crippen LogP contribution in [0.15, 0.2) is 24.4 Å². The summed E-state index contributed by atoms with van der Waals surface area (Å²) < 4.78 is 2.45. The number of piperazine rings is 1. The number of likely N-dealkylation sites (N-methyl/N-ethyl adjacent to an activating group) is 1. The van der Waals surface area contributed by atoms with Crippen LogP contribution in [0, 0.1) is 0 Å². The van der Waals surface area contributed by atoms with Gasteiger partial charge in [0.2, 0.25) is 0 Å². The van der Waals surface area contributed by atoms with Crippen molar-refractivity contribution in [2.75, 3.05) is 38.1 Å². The van der Waals surface area contributed by atoms with E-state index in [1.807, 2.05) is 17.5 Å². The van der Waals surface area contributed by atoms with Crippen molar-refractivity contribution in [1.82, 2.24) is 25.1 Å². The van der Waals surface area contributed by atoms with Crippen molar-refractivity contribution in [3.8, 4) is 0 Å². The summed E-state index contributed by atoms with van der Waals surface area (Å²) in [5.41, 5.74) is 3.18. The molecule has 2 aliphatic rings. The number of hydrogen-bond donors (Lipinski definition) is 0. The minimum atomic E-state index is -1.01. The van der Waals surface area contributed by atoms with E-state index in [9.17, 15) is 0 Å². The first-order valence-corrected chi connectivity index (χ1v) is 13.7. The molecule has 1 saturated heterocycles. The molecule has 4 heterocycles. The second kappa shape index (κ2) is 8.20. The normalized spacial score (nSPS) is 19.0. The van der Waals surface area contributed by atoms with Crippen molar-refractivity contribution in [3.05, 3.63) is 29.4 Å². The van der Waals surface area contributed by atoms with Crippen LogP contribution in [0.2, 0.25) is 0 Å². The SMILES string of the molecule is CN1CCN(c2cnc3cc[c]([Sn][c]4nnc(C5CCCC5)s4)nc3c2)CC1. The zero-order valence-electron chi connectivity index (χ0n) is 16.1. The number of hydrogen-bond acceptors (Lipinski definition) is 7. The number of anilines is 1. The van der Waals surface area contributed by atoms with Crippen LogP contribution in [0.4, 0.5) is 5.69 Å². The summed E-state index contributed by atoms with van der Waals surface area (Å²) in [4.78, 5) is 14.4. The first kappa shape index (κ1) is 18.7. The molecule has 144 valence electrons. The second-order valence-corrected chi connectivity index (χ2v) is 13.3. The van der Waals surface area contributed by atoms with E-state index in [1.54, 1.807) is 0 Å². The first-order chi connectivity index (χ1) is 13.7. The van der Waals surface area contributed by atoms with Crippen molar-refractivity contribution >= 4 is 55.9 Å². The average Bonchev–Trinajstić information content (AvgIpc) is 3.40. The van der Waals surface area contributed by atoms with E-state index in [-0.39, 0.29) is 0 Å². The van der Waals surface area contributed by atoms with Crippen molar-refractivity contribution in [2.24, 2.45) is 0 Å². The van der Waals surface area contributed by atoms with Gasteiger partial charge in [-0.25, -0.2) is 0 Å². The molecule has 0 unspecified atom stereocenters. The summed E-state index contributed by atoms with van der Waals surface area (Å²) >= 11 is 0.835. The molecular formula is C20H24N6SSn. The Hall–Kier alpha value is -1.32. The van der Waals surface area contributed by atoms with Gasteiger partial charge < -0.3 is 0 Å². The molecule has 3 aromatic rings. The minimum absolute atomic E-state index is 0.658. The predicted molar refractivity (Wildman–Crippen MR) is 115 cm³/mol. The average molecular weight is 499 g/mol. The standard InChI is InChI=1S/C13H15N4.C7H9N2S.Sn/c1-16-5-7-17(8-6-16)11-9-13-12(15-10-11)3-2-4-14-13;1-2-4-6(3-1)7-9-8-5-10-7;/h2-3,9-10H,5-8H2,1H3;6H,1-4H2;. The molecule has 0 N–H and O–H groups in total. The van der Waals surface area contributed by atoms with Gasteiger partial charge >= 0.3 is 180 Å². The van der Waals surface area contributed by atoms with Crippen LogP contribution >= 0.6 is 11.3 Å². The van der Waals surface area contributed by atoms with Gasteiger partial charge in [0.05, 0.1) is 0 Å². The fourth-order valence-electron chi connectivity index (χ4n) is 4.04. The Balaban J connectivity index is 1.35. The van der Waals surface area contributed by atoms with Gasteiger partial charge in [0.1, 0.15) is 0 Å². The van der Waals surface area contributed by atoms with Crippen LogP contribution in [0.5, 0.6) is 0 Å². The van der Waals surface area contributed by atoms with Crippen molar-refractivity contribution in [2.45, 2.75) is 31.6 Å². The molecule has 0 spiro atoms. The molecule has 2 fully saturated rings. The van der Waals surface area contributed by atoms with Gasteiger partial charge in [0, 0.05) is 0 Å². The fraction of sp³-hybridized carbons (Fsp3) is 0.500. The van der Waals surface area contributed by atoms with Gasteiger partial charge in [0.25, 0.3) is 0 Å². The van der Waals surface area contributed by atoms with Gasteiger partial charge in [-0.3, -0.25) is 0 Å². The molecule has 0 bridgehead atoms. The maximum atomic E-state index is 4.96. The van der Waals surface area contributed by atoms with Gasteiger partial charge in [-0.1, -0.05) is 0 Å². The number of pyridine rings is 2. The van der Waals surface area contributed by atoms with E-state index in [1.165, 1.54) is 43.1 Å². The quantitative estimate of drug-likeness (QED) is 0.508. The van der Waals surface area contributed by atoms with E-state index in [2.05, 4.69) is 50.2 Å². The zero-order valence-corrected chi connectivity index (χ0v) is 19.8. The molecule has 8 heteroatoms. The Labute approximate surface area is 179 Å². The van der Waals surface area contributed by atoms with Crippen molar-refractivity contribution in [3.63, 3.8) is 0 Å². The molecule has 0 amide bonds. The van der Waals surface area contributed by atoms with Crippen LogP contribution in [-0.2, 0) is 0 Å². The van der Waals surface area contributed by atoms with E-state index in [0.29, 0.717) is 5.92 Å². The number of nitrogens with zero attached hydrogens (tertiary/aromatic N) is 6. The Kier molecular flexibility index (Phi) is 5.47. The molecule has 28 heavy (non-hydrogen) atoms. The van der Waals surface area contributed by atoms with E-state index in [0.717, 1.165) is 37.2 Å². The predicted octanol–water partition coefficient (Wildman–Crippen LogP) is 1.55. The van der Waals surface area contributed by atoms with E-state index < -0.39 is 21.1 Å². The third kappa shape index (κ3) is 4.02. The summed E-state index contributed by atoms with van der Waals surface area (Å²) in [5.74, 6) is 0.658. The van der Waals surface area contributed by atoms with Crippen LogP contribution in [0.1, 0.15) is 36.6 Å². The molecule has 1 aliphatic heterocycles. The van der Waals surface area contributed by atoms with Crippen LogP contribution < -0.4 is 11.6 Å². The van der Waals surface area contributed by atoms with Gasteiger partial charge in [-0.15, -0.1) is 0 Å². The number of rotatable bonds is 4. The molecule has 1 saturated carbocycles. The van der Waals surface area contributed by atoms with E-state index >= 15 is 0 Å². The van der Waals surface area contributed by atoms with Crippen LogP contribution in [0.25, 0.3) is 11.0 Å². The second-order valence-electron chi connectivity index (χ2n) is 7.77. The summed E-state index contributed by atoms with van der Waals surface area (Å²) in [6.45, 7) is 4.30. The monoisotopic (exact) mass is 500 g/mol. The van der Waals surface area contributed by atoms with Gasteiger partial charge in [-0.2, -0.15) is 0 Å². The van der Waals surface area contributed by atoms with Crippen molar-refractivity contribution < 1.29 is 0 Å². The fourth-order valence-corrected chi connectivity index (χ4v) is 8.77. The van der Waals surface area contributed by atoms with Crippen molar-refractivity contribution in [1.29, 1.82) is 0 Å². The van der Waals surface area contributed by atoms with E-state index in [4.69, 9.17) is 4.98 Å². The summed E-state index contributed by atoms with van der Waals surface area (Å²) in [5, 5.41) is 10.3. The Morgan fingerprint density at radius 1 is 1.04 bits per heavy atom. The molecule has 6 nitrogen and oxygen atoms in total. The third-order valence-electron chi connectivity index (χ3n) is 5.77. The molecule has 1 aliphatic carbocycles. The molecular weight excluding hydrogens is 475 g/mol. The van der Waals surface area contributed by atoms with Crippen LogP contribution in [0.3, 0.4) is 0 Å². The summed E-state index contributed by atoms with van der Waals surface area (Å²) in [6, 6.07) is 6.47.